The third-order valence-electron chi connectivity index (χ3n) is 5.07. The van der Waals surface area contributed by atoms with Crippen LogP contribution in [-0.4, -0.2) is 26.0 Å². The van der Waals surface area contributed by atoms with Gasteiger partial charge in [-0.15, -0.1) is 0 Å². The van der Waals surface area contributed by atoms with Crippen LogP contribution in [0.15, 0.2) is 77.7 Å². The van der Waals surface area contributed by atoms with Gasteiger partial charge in [0.1, 0.15) is 5.75 Å². The summed E-state index contributed by atoms with van der Waals surface area (Å²) in [5, 5.41) is 12.2. The Morgan fingerprint density at radius 1 is 1.00 bits per heavy atom. The van der Waals surface area contributed by atoms with Gasteiger partial charge in [-0.1, -0.05) is 36.4 Å². The number of para-hydroxylation sites is 1. The van der Waals surface area contributed by atoms with E-state index in [4.69, 9.17) is 0 Å². The first kappa shape index (κ1) is 20.0. The normalized spacial score (nSPS) is 13.5. The third kappa shape index (κ3) is 4.16. The number of sulfonamides is 1. The van der Waals surface area contributed by atoms with Crippen LogP contribution in [0.1, 0.15) is 17.5 Å². The van der Waals surface area contributed by atoms with Crippen molar-refractivity contribution in [2.45, 2.75) is 24.2 Å². The van der Waals surface area contributed by atoms with E-state index < -0.39 is 10.0 Å². The quantitative estimate of drug-likeness (QED) is 0.656. The van der Waals surface area contributed by atoms with E-state index in [0.717, 1.165) is 24.1 Å². The highest BCUT2D eigenvalue weighted by atomic mass is 32.2. The summed E-state index contributed by atoms with van der Waals surface area (Å²) in [6.07, 6.45) is 1.75. The van der Waals surface area contributed by atoms with E-state index in [-0.39, 0.29) is 23.0 Å². The summed E-state index contributed by atoms with van der Waals surface area (Å²) in [4.78, 5) is 12.4. The summed E-state index contributed by atoms with van der Waals surface area (Å²) in [5.41, 5.74) is 2.97. The zero-order valence-corrected chi connectivity index (χ0v) is 17.1. The molecule has 0 aromatic heterocycles. The van der Waals surface area contributed by atoms with Gasteiger partial charge in [-0.2, -0.15) is 0 Å². The molecular weight excluding hydrogens is 400 g/mol. The number of amides is 1. The molecule has 4 rings (SSSR count). The molecule has 1 heterocycles. The van der Waals surface area contributed by atoms with E-state index in [9.17, 15) is 18.3 Å². The van der Waals surface area contributed by atoms with Crippen LogP contribution in [0.25, 0.3) is 0 Å². The zero-order chi connectivity index (χ0) is 21.1. The number of anilines is 2. The van der Waals surface area contributed by atoms with Gasteiger partial charge >= 0.3 is 0 Å². The maximum absolute atomic E-state index is 13.2. The number of fused-ring (bicyclic) bond motifs is 1. The first-order valence-electron chi connectivity index (χ1n) is 9.72. The SMILES string of the molecule is O=C(Cc1ccc(S(=O)(=O)N2CCCc3ccccc32)cc1)Nc1cccc(O)c1. The Labute approximate surface area is 175 Å². The van der Waals surface area contributed by atoms with Gasteiger partial charge in [0, 0.05) is 18.3 Å². The van der Waals surface area contributed by atoms with Gasteiger partial charge in [0.15, 0.2) is 0 Å². The molecule has 6 nitrogen and oxygen atoms in total. The monoisotopic (exact) mass is 422 g/mol. The predicted octanol–water partition coefficient (Wildman–Crippen LogP) is 3.71. The van der Waals surface area contributed by atoms with Crippen molar-refractivity contribution in [3.05, 3.63) is 83.9 Å². The fraction of sp³-hybridized carbons (Fsp3) is 0.174. The second-order valence-corrected chi connectivity index (χ2v) is 9.09. The molecule has 3 aromatic rings. The Morgan fingerprint density at radius 2 is 1.77 bits per heavy atom. The molecule has 0 bridgehead atoms. The number of carbonyl (C=O) groups is 1. The molecule has 2 N–H and O–H groups in total. The molecule has 0 unspecified atom stereocenters. The number of nitrogens with zero attached hydrogens (tertiary/aromatic N) is 1. The molecule has 0 fully saturated rings. The second kappa shape index (κ2) is 8.20. The minimum atomic E-state index is -3.67. The van der Waals surface area contributed by atoms with Crippen LogP contribution in [0.5, 0.6) is 5.75 Å². The van der Waals surface area contributed by atoms with Crippen LogP contribution in [-0.2, 0) is 27.7 Å². The van der Waals surface area contributed by atoms with E-state index in [1.54, 1.807) is 36.4 Å². The fourth-order valence-electron chi connectivity index (χ4n) is 3.63. The van der Waals surface area contributed by atoms with Gasteiger partial charge < -0.3 is 10.4 Å². The first-order chi connectivity index (χ1) is 14.4. The van der Waals surface area contributed by atoms with Crippen molar-refractivity contribution in [2.24, 2.45) is 0 Å². The molecule has 3 aromatic carbocycles. The smallest absolute Gasteiger partial charge is 0.264 e. The van der Waals surface area contributed by atoms with E-state index >= 15 is 0 Å². The Kier molecular flexibility index (Phi) is 5.46. The minimum absolute atomic E-state index is 0.0710. The number of nitrogens with one attached hydrogen (secondary N) is 1. The highest BCUT2D eigenvalue weighted by Crippen LogP contribution is 2.31. The lowest BCUT2D eigenvalue weighted by atomic mass is 10.0. The molecule has 0 radical (unpaired) electrons. The first-order valence-corrected chi connectivity index (χ1v) is 11.2. The van der Waals surface area contributed by atoms with Crippen LogP contribution in [0.2, 0.25) is 0 Å². The van der Waals surface area contributed by atoms with Crippen molar-refractivity contribution in [1.29, 1.82) is 0 Å². The van der Waals surface area contributed by atoms with E-state index in [2.05, 4.69) is 5.32 Å². The van der Waals surface area contributed by atoms with Gasteiger partial charge in [0.05, 0.1) is 17.0 Å². The number of hydrogen-bond acceptors (Lipinski definition) is 4. The lowest BCUT2D eigenvalue weighted by Crippen LogP contribution is -2.35. The summed E-state index contributed by atoms with van der Waals surface area (Å²) in [6.45, 7) is 0.452. The number of carbonyl (C=O) groups excluding carboxylic acids is 1. The molecule has 0 saturated heterocycles. The van der Waals surface area contributed by atoms with Crippen molar-refractivity contribution < 1.29 is 18.3 Å². The van der Waals surface area contributed by atoms with Crippen molar-refractivity contribution in [3.8, 4) is 5.75 Å². The lowest BCUT2D eigenvalue weighted by Gasteiger charge is -2.30. The van der Waals surface area contributed by atoms with Gasteiger partial charge in [-0.05, 0) is 54.3 Å². The summed E-state index contributed by atoms with van der Waals surface area (Å²) in [7, 11) is -3.67. The Hall–Kier alpha value is -3.32. The maximum Gasteiger partial charge on any atom is 0.264 e. The molecular formula is C23H22N2O4S. The molecule has 0 atom stereocenters. The number of hydrogen-bond donors (Lipinski definition) is 2. The number of rotatable bonds is 5. The van der Waals surface area contributed by atoms with Crippen LogP contribution in [0.4, 0.5) is 11.4 Å². The fourth-order valence-corrected chi connectivity index (χ4v) is 5.17. The molecule has 0 saturated carbocycles. The second-order valence-electron chi connectivity index (χ2n) is 7.23. The minimum Gasteiger partial charge on any atom is -0.508 e. The largest absolute Gasteiger partial charge is 0.508 e. The predicted molar refractivity (Wildman–Crippen MR) is 116 cm³/mol. The van der Waals surface area contributed by atoms with Gasteiger partial charge in [-0.25, -0.2) is 8.42 Å². The number of phenolic OH excluding ortho intramolecular Hbond substituents is 1. The van der Waals surface area contributed by atoms with Crippen LogP contribution < -0.4 is 9.62 Å². The summed E-state index contributed by atoms with van der Waals surface area (Å²) in [6, 6.07) is 20.3. The number of benzene rings is 3. The molecule has 1 amide bonds. The van der Waals surface area contributed by atoms with Gasteiger partial charge in [-0.3, -0.25) is 9.10 Å². The summed E-state index contributed by atoms with van der Waals surface area (Å²) < 4.78 is 27.8. The third-order valence-corrected chi connectivity index (χ3v) is 6.90. The molecule has 154 valence electrons. The zero-order valence-electron chi connectivity index (χ0n) is 16.3. The number of phenols is 1. The standard InChI is InChI=1S/C23H22N2O4S/c26-20-8-3-7-19(16-20)24-23(27)15-17-10-12-21(13-11-17)30(28,29)25-14-4-6-18-5-1-2-9-22(18)25/h1-3,5,7-13,16,26H,4,6,14-15H2,(H,24,27). The average Bonchev–Trinajstić information content (AvgIpc) is 2.73. The molecule has 0 spiro atoms. The number of aryl methyl sites for hydroxylation is 1. The highest BCUT2D eigenvalue weighted by Gasteiger charge is 2.28. The van der Waals surface area contributed by atoms with Crippen molar-refractivity contribution >= 4 is 27.3 Å². The van der Waals surface area contributed by atoms with Crippen LogP contribution in [0.3, 0.4) is 0 Å². The maximum atomic E-state index is 13.2. The van der Waals surface area contributed by atoms with Crippen molar-refractivity contribution in [1.82, 2.24) is 0 Å². The van der Waals surface area contributed by atoms with Crippen LogP contribution >= 0.6 is 0 Å². The topological polar surface area (TPSA) is 86.7 Å². The molecule has 30 heavy (non-hydrogen) atoms. The summed E-state index contributed by atoms with van der Waals surface area (Å²) >= 11 is 0. The van der Waals surface area contributed by atoms with Crippen LogP contribution in [0, 0.1) is 0 Å². The highest BCUT2D eigenvalue weighted by molar-refractivity contribution is 7.92. The van der Waals surface area contributed by atoms with Crippen molar-refractivity contribution in [2.75, 3.05) is 16.2 Å². The van der Waals surface area contributed by atoms with Crippen molar-refractivity contribution in [3.63, 3.8) is 0 Å². The molecule has 1 aliphatic rings. The lowest BCUT2D eigenvalue weighted by molar-refractivity contribution is -0.115. The van der Waals surface area contributed by atoms with Gasteiger partial charge in [0.25, 0.3) is 10.0 Å². The number of aromatic hydroxyl groups is 1. The molecule has 0 aliphatic carbocycles. The Morgan fingerprint density at radius 3 is 2.53 bits per heavy atom. The van der Waals surface area contributed by atoms with E-state index in [1.807, 2.05) is 24.3 Å². The average molecular weight is 423 g/mol. The van der Waals surface area contributed by atoms with E-state index in [1.165, 1.54) is 16.4 Å². The van der Waals surface area contributed by atoms with Gasteiger partial charge in [0.2, 0.25) is 5.91 Å². The molecule has 7 heteroatoms. The Bertz CT molecular complexity index is 1170. The van der Waals surface area contributed by atoms with E-state index in [0.29, 0.717) is 17.8 Å². The molecule has 1 aliphatic heterocycles. The summed E-state index contributed by atoms with van der Waals surface area (Å²) in [5.74, 6) is -0.178. The Balaban J connectivity index is 1.49.